The average molecular weight is 608 g/mol. The third-order valence-electron chi connectivity index (χ3n) is 9.46. The molecule has 1 N–H and O–H groups in total. The smallest absolute Gasteiger partial charge is 0.297 e. The molecule has 1 heterocycles. The van der Waals surface area contributed by atoms with Crippen molar-refractivity contribution in [2.45, 2.75) is 149 Å². The zero-order chi connectivity index (χ0) is 32.1. The Labute approximate surface area is 263 Å². The molecule has 242 valence electrons. The van der Waals surface area contributed by atoms with Gasteiger partial charge in [-0.25, -0.2) is 0 Å². The summed E-state index contributed by atoms with van der Waals surface area (Å²) < 4.78 is 0. The van der Waals surface area contributed by atoms with Gasteiger partial charge in [-0.05, 0) is 69.2 Å². The molecule has 9 nitrogen and oxygen atoms in total. The van der Waals surface area contributed by atoms with Gasteiger partial charge in [-0.3, -0.25) is 20.2 Å². The van der Waals surface area contributed by atoms with Crippen LogP contribution in [0.4, 0.5) is 28.4 Å². The summed E-state index contributed by atoms with van der Waals surface area (Å²) in [7, 11) is 0. The Balaban J connectivity index is 1.52. The van der Waals surface area contributed by atoms with Gasteiger partial charge in [0.2, 0.25) is 0 Å². The van der Waals surface area contributed by atoms with Crippen LogP contribution in [0.25, 0.3) is 0 Å². The van der Waals surface area contributed by atoms with Gasteiger partial charge in [0, 0.05) is 23.4 Å². The van der Waals surface area contributed by atoms with Gasteiger partial charge in [0.05, 0.1) is 21.6 Å². The summed E-state index contributed by atoms with van der Waals surface area (Å²) in [4.78, 5) is 21.5. The van der Waals surface area contributed by atoms with Crippen molar-refractivity contribution >= 4 is 28.4 Å². The molecule has 0 saturated heterocycles. The molecule has 0 amide bonds. The summed E-state index contributed by atoms with van der Waals surface area (Å²) in [6.45, 7) is 10.7. The number of anilines is 1. The Kier molecular flexibility index (Phi) is 13.7. The molecule has 0 radical (unpaired) electrons. The van der Waals surface area contributed by atoms with E-state index < -0.39 is 9.85 Å². The SMILES string of the molecule is CCCCCCCCCCCCCCCCC1(C)CCc2c(C)c(N=Nc3cc([N+](=O)[O-])ccc3[N+](=O)[O-])c(C)c(C)c2N1. The van der Waals surface area contributed by atoms with Crippen molar-refractivity contribution in [1.29, 1.82) is 0 Å². The molecule has 1 atom stereocenters. The highest BCUT2D eigenvalue weighted by molar-refractivity contribution is 5.73. The van der Waals surface area contributed by atoms with Crippen LogP contribution in [0.15, 0.2) is 28.4 Å². The van der Waals surface area contributed by atoms with Crippen molar-refractivity contribution < 1.29 is 9.85 Å². The molecule has 2 aromatic carbocycles. The van der Waals surface area contributed by atoms with E-state index in [1.165, 1.54) is 101 Å². The normalized spacial score (nSPS) is 16.2. The van der Waals surface area contributed by atoms with Gasteiger partial charge in [0.25, 0.3) is 11.4 Å². The van der Waals surface area contributed by atoms with Crippen molar-refractivity contribution in [2.75, 3.05) is 5.32 Å². The summed E-state index contributed by atoms with van der Waals surface area (Å²) in [6.07, 6.45) is 22.2. The van der Waals surface area contributed by atoms with E-state index in [-0.39, 0.29) is 22.6 Å². The van der Waals surface area contributed by atoms with Crippen molar-refractivity contribution in [3.8, 4) is 0 Å². The first-order chi connectivity index (χ1) is 21.1. The number of nitrogens with zero attached hydrogens (tertiary/aromatic N) is 4. The number of fused-ring (bicyclic) bond motifs is 1. The monoisotopic (exact) mass is 607 g/mol. The van der Waals surface area contributed by atoms with Crippen LogP contribution >= 0.6 is 0 Å². The predicted octanol–water partition coefficient (Wildman–Crippen LogP) is 11.8. The first-order valence-electron chi connectivity index (χ1n) is 16.8. The zero-order valence-electron chi connectivity index (χ0n) is 27.7. The standard InChI is InChI=1S/C35H53N5O4/c1-6-7-8-9-10-11-12-13-14-15-16-17-18-19-23-35(5)24-22-30-28(4)33(26(2)27(3)34(30)36-35)38-37-31-25-29(39(41)42)20-21-32(31)40(43)44/h20-21,25,36H,6-19,22-24H2,1-5H3. The molecule has 1 aliphatic rings. The van der Waals surface area contributed by atoms with E-state index in [4.69, 9.17) is 0 Å². The number of nitro groups is 2. The Hall–Kier alpha value is -3.36. The number of unbranched alkanes of at least 4 members (excludes halogenated alkanes) is 13. The van der Waals surface area contributed by atoms with Crippen LogP contribution in [-0.4, -0.2) is 15.4 Å². The van der Waals surface area contributed by atoms with Crippen molar-refractivity contribution in [2.24, 2.45) is 10.2 Å². The number of benzene rings is 2. The fourth-order valence-corrected chi connectivity index (χ4v) is 6.46. The van der Waals surface area contributed by atoms with Crippen LogP contribution in [0.3, 0.4) is 0 Å². The minimum Gasteiger partial charge on any atom is -0.379 e. The lowest BCUT2D eigenvalue weighted by molar-refractivity contribution is -0.388. The molecule has 0 aromatic heterocycles. The fraction of sp³-hybridized carbons (Fsp3) is 0.657. The lowest BCUT2D eigenvalue weighted by Gasteiger charge is -2.39. The minimum absolute atomic E-state index is 0.0421. The largest absolute Gasteiger partial charge is 0.379 e. The van der Waals surface area contributed by atoms with Crippen LogP contribution in [-0.2, 0) is 6.42 Å². The molecule has 0 saturated carbocycles. The second-order valence-corrected chi connectivity index (χ2v) is 13.0. The minimum atomic E-state index is -0.599. The van der Waals surface area contributed by atoms with E-state index in [2.05, 4.69) is 36.3 Å². The van der Waals surface area contributed by atoms with E-state index in [1.807, 2.05) is 13.8 Å². The number of nitro benzene ring substituents is 2. The van der Waals surface area contributed by atoms with E-state index in [0.29, 0.717) is 5.69 Å². The van der Waals surface area contributed by atoms with E-state index in [1.54, 1.807) is 0 Å². The van der Waals surface area contributed by atoms with Crippen LogP contribution in [0.1, 0.15) is 139 Å². The summed E-state index contributed by atoms with van der Waals surface area (Å²) in [5, 5.41) is 35.2. The molecule has 44 heavy (non-hydrogen) atoms. The quantitative estimate of drug-likeness (QED) is 0.0736. The highest BCUT2D eigenvalue weighted by atomic mass is 16.6. The summed E-state index contributed by atoms with van der Waals surface area (Å²) in [6, 6.07) is 3.31. The average Bonchev–Trinajstić information content (AvgIpc) is 2.99. The third kappa shape index (κ3) is 9.83. The molecule has 0 bridgehead atoms. The van der Waals surface area contributed by atoms with Crippen molar-refractivity contribution in [3.05, 3.63) is 60.7 Å². The van der Waals surface area contributed by atoms with Crippen LogP contribution in [0.2, 0.25) is 0 Å². The van der Waals surface area contributed by atoms with E-state index in [9.17, 15) is 20.2 Å². The lowest BCUT2D eigenvalue weighted by atomic mass is 9.80. The molecule has 1 aliphatic heterocycles. The van der Waals surface area contributed by atoms with Crippen LogP contribution < -0.4 is 5.32 Å². The number of hydrogen-bond acceptors (Lipinski definition) is 7. The molecule has 1 unspecified atom stereocenters. The van der Waals surface area contributed by atoms with Crippen LogP contribution in [0.5, 0.6) is 0 Å². The maximum Gasteiger partial charge on any atom is 0.297 e. The van der Waals surface area contributed by atoms with E-state index in [0.717, 1.165) is 54.2 Å². The number of rotatable bonds is 19. The van der Waals surface area contributed by atoms with E-state index >= 15 is 0 Å². The van der Waals surface area contributed by atoms with Gasteiger partial charge in [-0.15, -0.1) is 10.2 Å². The molecule has 3 rings (SSSR count). The van der Waals surface area contributed by atoms with Crippen molar-refractivity contribution in [3.63, 3.8) is 0 Å². The van der Waals surface area contributed by atoms with Gasteiger partial charge in [0.1, 0.15) is 0 Å². The second-order valence-electron chi connectivity index (χ2n) is 13.0. The number of nitrogens with one attached hydrogen (secondary N) is 1. The number of non-ortho nitro benzene ring substituents is 1. The summed E-state index contributed by atoms with van der Waals surface area (Å²) in [5.41, 5.74) is 5.41. The van der Waals surface area contributed by atoms with Gasteiger partial charge in [-0.2, -0.15) is 0 Å². The molecule has 0 fully saturated rings. The molecule has 0 spiro atoms. The zero-order valence-corrected chi connectivity index (χ0v) is 27.7. The third-order valence-corrected chi connectivity index (χ3v) is 9.46. The predicted molar refractivity (Wildman–Crippen MR) is 180 cm³/mol. The number of azo groups is 1. The maximum absolute atomic E-state index is 11.5. The topological polar surface area (TPSA) is 123 Å². The Morgan fingerprint density at radius 3 is 1.89 bits per heavy atom. The van der Waals surface area contributed by atoms with Gasteiger partial charge >= 0.3 is 0 Å². The highest BCUT2D eigenvalue weighted by Gasteiger charge is 2.32. The highest BCUT2D eigenvalue weighted by Crippen LogP contribution is 2.44. The van der Waals surface area contributed by atoms with Gasteiger partial charge in [-0.1, -0.05) is 96.8 Å². The lowest BCUT2D eigenvalue weighted by Crippen LogP contribution is -2.39. The Morgan fingerprint density at radius 2 is 1.34 bits per heavy atom. The van der Waals surface area contributed by atoms with Gasteiger partial charge in [0.15, 0.2) is 5.69 Å². The molecule has 2 aromatic rings. The Bertz CT molecular complexity index is 1310. The maximum atomic E-state index is 11.5. The van der Waals surface area contributed by atoms with Crippen LogP contribution in [0, 0.1) is 41.0 Å². The second kappa shape index (κ2) is 17.2. The Morgan fingerprint density at radius 1 is 0.773 bits per heavy atom. The molecular weight excluding hydrogens is 554 g/mol. The first kappa shape index (κ1) is 35.1. The summed E-state index contributed by atoms with van der Waals surface area (Å²) in [5.74, 6) is 0. The van der Waals surface area contributed by atoms with Crippen molar-refractivity contribution in [1.82, 2.24) is 0 Å². The number of hydrogen-bond donors (Lipinski definition) is 1. The fourth-order valence-electron chi connectivity index (χ4n) is 6.46. The molecule has 9 heteroatoms. The van der Waals surface area contributed by atoms with Gasteiger partial charge < -0.3 is 5.32 Å². The first-order valence-corrected chi connectivity index (χ1v) is 16.8. The summed E-state index contributed by atoms with van der Waals surface area (Å²) >= 11 is 0. The molecular formula is C35H53N5O4. The molecule has 0 aliphatic carbocycles.